The van der Waals surface area contributed by atoms with Crippen LogP contribution >= 0.6 is 0 Å². The molecule has 0 heterocycles. The fraction of sp³-hybridized carbons (Fsp3) is 0.353. The molecule has 0 aromatic heterocycles. The molecule has 0 spiro atoms. The highest BCUT2D eigenvalue weighted by atomic mass is 16.5. The van der Waals surface area contributed by atoms with Crippen molar-refractivity contribution in [3.05, 3.63) is 35.9 Å². The van der Waals surface area contributed by atoms with E-state index in [-0.39, 0.29) is 5.91 Å². The normalized spacial score (nSPS) is 11.6. The number of likely N-dealkylation sites (N-methyl/N-ethyl adjacent to an activating group) is 1. The minimum atomic E-state index is -0.694. The Morgan fingerprint density at radius 2 is 1.96 bits per heavy atom. The van der Waals surface area contributed by atoms with Gasteiger partial charge in [0, 0.05) is 18.2 Å². The van der Waals surface area contributed by atoms with Gasteiger partial charge < -0.3 is 20.1 Å². The Bertz CT molecular complexity index is 613. The fourth-order valence-electron chi connectivity index (χ4n) is 1.82. The monoisotopic (exact) mass is 334 g/mol. The third-order valence-corrected chi connectivity index (χ3v) is 3.01. The number of nitrogens with one attached hydrogen (secondary N) is 2. The molecule has 2 amide bonds. The first kappa shape index (κ1) is 19.2. The zero-order valence-electron chi connectivity index (χ0n) is 14.0. The summed E-state index contributed by atoms with van der Waals surface area (Å²) in [5, 5.41) is 5.02. The number of methoxy groups -OCH3 is 1. The second-order valence-corrected chi connectivity index (χ2v) is 4.87. The van der Waals surface area contributed by atoms with Crippen LogP contribution in [-0.4, -0.2) is 44.1 Å². The van der Waals surface area contributed by atoms with Gasteiger partial charge in [0.05, 0.1) is 7.11 Å². The van der Waals surface area contributed by atoms with Crippen molar-refractivity contribution in [3.8, 4) is 5.75 Å². The first-order chi connectivity index (χ1) is 11.5. The van der Waals surface area contributed by atoms with Crippen LogP contribution in [0.15, 0.2) is 30.3 Å². The lowest BCUT2D eigenvalue weighted by atomic mass is 10.2. The van der Waals surface area contributed by atoms with E-state index in [9.17, 15) is 14.4 Å². The van der Waals surface area contributed by atoms with E-state index < -0.39 is 24.5 Å². The average Bonchev–Trinajstić information content (AvgIpc) is 2.58. The van der Waals surface area contributed by atoms with Gasteiger partial charge in [0.2, 0.25) is 5.91 Å². The molecule has 24 heavy (non-hydrogen) atoms. The number of hydrogen-bond acceptors (Lipinski definition) is 5. The summed E-state index contributed by atoms with van der Waals surface area (Å²) in [5.41, 5.74) is 0.714. The maximum Gasteiger partial charge on any atom is 0.331 e. The number of hydrogen-bond donors (Lipinski definition) is 2. The minimum absolute atomic E-state index is 0.298. The van der Waals surface area contributed by atoms with Gasteiger partial charge in [-0.2, -0.15) is 0 Å². The Balaban J connectivity index is 2.44. The molecule has 2 N–H and O–H groups in total. The number of rotatable bonds is 8. The molecular formula is C17H22N2O5. The second-order valence-electron chi connectivity index (χ2n) is 4.87. The summed E-state index contributed by atoms with van der Waals surface area (Å²) in [5.74, 6) is -0.891. The molecule has 130 valence electrons. The van der Waals surface area contributed by atoms with E-state index >= 15 is 0 Å². The van der Waals surface area contributed by atoms with Crippen molar-refractivity contribution in [2.45, 2.75) is 19.9 Å². The number of para-hydroxylation sites is 1. The summed E-state index contributed by atoms with van der Waals surface area (Å²) in [6, 6.07) is 6.48. The van der Waals surface area contributed by atoms with Crippen LogP contribution < -0.4 is 15.4 Å². The summed E-state index contributed by atoms with van der Waals surface area (Å²) in [6.07, 6.45) is 2.74. The first-order valence-corrected chi connectivity index (χ1v) is 7.52. The quantitative estimate of drug-likeness (QED) is 0.544. The van der Waals surface area contributed by atoms with Crippen molar-refractivity contribution < 1.29 is 23.9 Å². The highest BCUT2D eigenvalue weighted by Gasteiger charge is 2.15. The van der Waals surface area contributed by atoms with Gasteiger partial charge in [0.15, 0.2) is 6.61 Å². The smallest absolute Gasteiger partial charge is 0.331 e. The molecule has 0 fully saturated rings. The summed E-state index contributed by atoms with van der Waals surface area (Å²) in [4.78, 5) is 34.7. The summed E-state index contributed by atoms with van der Waals surface area (Å²) >= 11 is 0. The predicted molar refractivity (Wildman–Crippen MR) is 89.3 cm³/mol. The maximum absolute atomic E-state index is 11.6. The Morgan fingerprint density at radius 1 is 1.25 bits per heavy atom. The van der Waals surface area contributed by atoms with E-state index in [1.165, 1.54) is 19.3 Å². The summed E-state index contributed by atoms with van der Waals surface area (Å²) in [6.45, 7) is 3.34. The maximum atomic E-state index is 11.6. The Kier molecular flexibility index (Phi) is 8.04. The molecule has 1 aromatic rings. The molecule has 0 aliphatic rings. The van der Waals surface area contributed by atoms with Crippen molar-refractivity contribution in [2.24, 2.45) is 0 Å². The van der Waals surface area contributed by atoms with Crippen LogP contribution in [0.5, 0.6) is 5.75 Å². The molecule has 1 aromatic carbocycles. The first-order valence-electron chi connectivity index (χ1n) is 7.52. The Morgan fingerprint density at radius 3 is 2.62 bits per heavy atom. The lowest BCUT2D eigenvalue weighted by Gasteiger charge is -2.12. The van der Waals surface area contributed by atoms with E-state index in [4.69, 9.17) is 9.47 Å². The van der Waals surface area contributed by atoms with E-state index in [2.05, 4.69) is 10.6 Å². The van der Waals surface area contributed by atoms with Crippen molar-refractivity contribution >= 4 is 23.9 Å². The SMILES string of the molecule is CCNC(=O)[C@@H](C)NC(=O)COC(=O)/C=C/c1ccccc1OC. The molecule has 0 radical (unpaired) electrons. The zero-order valence-corrected chi connectivity index (χ0v) is 14.0. The average molecular weight is 334 g/mol. The molecule has 0 unspecified atom stereocenters. The van der Waals surface area contributed by atoms with Crippen LogP contribution in [0.3, 0.4) is 0 Å². The van der Waals surface area contributed by atoms with Crippen molar-refractivity contribution in [2.75, 3.05) is 20.3 Å². The second kappa shape index (κ2) is 10.0. The third kappa shape index (κ3) is 6.51. The van der Waals surface area contributed by atoms with E-state index in [0.717, 1.165) is 0 Å². The number of benzene rings is 1. The van der Waals surface area contributed by atoms with Gasteiger partial charge in [0.1, 0.15) is 11.8 Å². The molecule has 0 aliphatic heterocycles. The van der Waals surface area contributed by atoms with E-state index in [1.54, 1.807) is 26.0 Å². The molecule has 7 heteroatoms. The van der Waals surface area contributed by atoms with Crippen LogP contribution in [0.2, 0.25) is 0 Å². The van der Waals surface area contributed by atoms with Gasteiger partial charge in [-0.1, -0.05) is 18.2 Å². The molecule has 0 bridgehead atoms. The lowest BCUT2D eigenvalue weighted by Crippen LogP contribution is -2.46. The van der Waals surface area contributed by atoms with Gasteiger partial charge in [-0.15, -0.1) is 0 Å². The van der Waals surface area contributed by atoms with Gasteiger partial charge in [-0.25, -0.2) is 4.79 Å². The van der Waals surface area contributed by atoms with Gasteiger partial charge in [0.25, 0.3) is 5.91 Å². The van der Waals surface area contributed by atoms with Crippen molar-refractivity contribution in [1.82, 2.24) is 10.6 Å². The fourth-order valence-corrected chi connectivity index (χ4v) is 1.82. The molecule has 1 atom stereocenters. The number of amides is 2. The van der Waals surface area contributed by atoms with Crippen molar-refractivity contribution in [1.29, 1.82) is 0 Å². The Hall–Kier alpha value is -2.83. The third-order valence-electron chi connectivity index (χ3n) is 3.01. The summed E-state index contributed by atoms with van der Waals surface area (Å²) in [7, 11) is 1.53. The van der Waals surface area contributed by atoms with Gasteiger partial charge >= 0.3 is 5.97 Å². The molecule has 0 saturated heterocycles. The van der Waals surface area contributed by atoms with E-state index in [1.807, 2.05) is 12.1 Å². The topological polar surface area (TPSA) is 93.7 Å². The van der Waals surface area contributed by atoms with Crippen molar-refractivity contribution in [3.63, 3.8) is 0 Å². The number of ether oxygens (including phenoxy) is 2. The number of carbonyl (C=O) groups excluding carboxylic acids is 3. The Labute approximate surface area is 141 Å². The predicted octanol–water partition coefficient (Wildman–Crippen LogP) is 0.892. The molecule has 0 aliphatic carbocycles. The zero-order chi connectivity index (χ0) is 17.9. The van der Waals surface area contributed by atoms with Crippen LogP contribution in [0.4, 0.5) is 0 Å². The molecular weight excluding hydrogens is 312 g/mol. The van der Waals surface area contributed by atoms with E-state index in [0.29, 0.717) is 17.9 Å². The van der Waals surface area contributed by atoms with Crippen LogP contribution in [0.25, 0.3) is 6.08 Å². The largest absolute Gasteiger partial charge is 0.496 e. The molecule has 7 nitrogen and oxygen atoms in total. The number of carbonyl (C=O) groups is 3. The highest BCUT2D eigenvalue weighted by molar-refractivity contribution is 5.91. The summed E-state index contributed by atoms with van der Waals surface area (Å²) < 4.78 is 9.99. The highest BCUT2D eigenvalue weighted by Crippen LogP contribution is 2.18. The van der Waals surface area contributed by atoms with Crippen LogP contribution in [-0.2, 0) is 19.1 Å². The number of esters is 1. The lowest BCUT2D eigenvalue weighted by molar-refractivity contribution is -0.144. The standard InChI is InChI=1S/C17H22N2O5/c1-4-18-17(22)12(2)19-15(20)11-24-16(21)10-9-13-7-5-6-8-14(13)23-3/h5-10,12H,4,11H2,1-3H3,(H,18,22)(H,19,20)/b10-9+/t12-/m1/s1. The van der Waals surface area contributed by atoms with Crippen LogP contribution in [0, 0.1) is 0 Å². The molecule has 1 rings (SSSR count). The van der Waals surface area contributed by atoms with Crippen LogP contribution in [0.1, 0.15) is 19.4 Å². The molecule has 0 saturated carbocycles. The van der Waals surface area contributed by atoms with Gasteiger partial charge in [-0.3, -0.25) is 9.59 Å². The minimum Gasteiger partial charge on any atom is -0.496 e. The van der Waals surface area contributed by atoms with Gasteiger partial charge in [-0.05, 0) is 26.0 Å².